The van der Waals surface area contributed by atoms with Gasteiger partial charge in [-0.25, -0.2) is 19.9 Å². The number of nitrogens with zero attached hydrogens (tertiary/aromatic N) is 1. The van der Waals surface area contributed by atoms with E-state index in [1.807, 2.05) is 16.8 Å². The van der Waals surface area contributed by atoms with E-state index in [0.717, 1.165) is 10.7 Å². The number of cyclic esters (lactones) is 1. The Balaban J connectivity index is 2.01. The number of rotatable bonds is 6. The molecule has 8 heteroatoms. The third-order valence-corrected chi connectivity index (χ3v) is 2.87. The van der Waals surface area contributed by atoms with Crippen LogP contribution in [0.3, 0.4) is 0 Å². The minimum Gasteiger partial charge on any atom is -0.476 e. The third-order valence-electron chi connectivity index (χ3n) is 2.14. The molecule has 7 nitrogen and oxygen atoms in total. The highest BCUT2D eigenvalue weighted by molar-refractivity contribution is 7.07. The van der Waals surface area contributed by atoms with Crippen LogP contribution in [0.25, 0.3) is 0 Å². The number of hydrogen-bond acceptors (Lipinski definition) is 7. The summed E-state index contributed by atoms with van der Waals surface area (Å²) in [5.74, 6) is -4.55. The van der Waals surface area contributed by atoms with Crippen LogP contribution in [-0.2, 0) is 25.7 Å². The molecule has 1 aromatic rings. The number of hydrogen-bond donors (Lipinski definition) is 2. The molecule has 1 saturated heterocycles. The van der Waals surface area contributed by atoms with Crippen LogP contribution in [0.15, 0.2) is 16.8 Å². The van der Waals surface area contributed by atoms with E-state index in [1.165, 1.54) is 11.3 Å². The molecule has 17 heavy (non-hydrogen) atoms. The maximum Gasteiger partial charge on any atom is 0.430 e. The van der Waals surface area contributed by atoms with Crippen molar-refractivity contribution in [1.82, 2.24) is 10.6 Å². The van der Waals surface area contributed by atoms with Crippen LogP contribution in [0, 0.1) is 0 Å². The Morgan fingerprint density at radius 1 is 1.76 bits per heavy atom. The van der Waals surface area contributed by atoms with E-state index in [2.05, 4.69) is 10.2 Å². The highest BCUT2D eigenvalue weighted by Gasteiger charge is 2.70. The fraction of sp³-hybridized carbons (Fsp3) is 0.333. The van der Waals surface area contributed by atoms with Crippen LogP contribution < -0.4 is 5.43 Å². The molecule has 0 bridgehead atoms. The summed E-state index contributed by atoms with van der Waals surface area (Å²) in [5, 5.41) is 13.7. The van der Waals surface area contributed by atoms with Crippen molar-refractivity contribution in [2.45, 2.75) is 12.3 Å². The average molecular weight is 258 g/mol. The van der Waals surface area contributed by atoms with E-state index in [0.29, 0.717) is 6.54 Å². The Morgan fingerprint density at radius 3 is 2.88 bits per heavy atom. The van der Waals surface area contributed by atoms with Crippen molar-refractivity contribution >= 4 is 23.3 Å². The Hall–Kier alpha value is -1.48. The standard InChI is InChI=1S/C9H10N2O5S/c1-10-11(4-6-2-3-17-5-6)16-9(7(12)13)8(14)15-9/h2-3,5,10H,4H2,1H3,(H,12,13). The Kier molecular flexibility index (Phi) is 3.11. The zero-order valence-electron chi connectivity index (χ0n) is 8.87. The Bertz CT molecular complexity index is 435. The number of hydrazine groups is 1. The lowest BCUT2D eigenvalue weighted by Crippen LogP contribution is -2.43. The molecule has 1 unspecified atom stereocenters. The lowest BCUT2D eigenvalue weighted by molar-refractivity contribution is -0.270. The molecule has 0 aromatic carbocycles. The van der Waals surface area contributed by atoms with Gasteiger partial charge in [0.05, 0.1) is 6.54 Å². The summed E-state index contributed by atoms with van der Waals surface area (Å²) >= 11 is 1.51. The monoisotopic (exact) mass is 258 g/mol. The Labute approximate surface area is 100 Å². The van der Waals surface area contributed by atoms with Crippen molar-refractivity contribution < 1.29 is 24.3 Å². The molecule has 92 valence electrons. The van der Waals surface area contributed by atoms with Crippen LogP contribution in [0.1, 0.15) is 5.56 Å². The van der Waals surface area contributed by atoms with Gasteiger partial charge in [-0.05, 0) is 22.4 Å². The largest absolute Gasteiger partial charge is 0.476 e. The minimum atomic E-state index is -2.18. The van der Waals surface area contributed by atoms with Crippen molar-refractivity contribution in [3.8, 4) is 0 Å². The highest BCUT2D eigenvalue weighted by atomic mass is 32.1. The number of carboxylic acids is 1. The number of epoxide rings is 1. The van der Waals surface area contributed by atoms with Crippen LogP contribution in [0.2, 0.25) is 0 Å². The number of thiophene rings is 1. The van der Waals surface area contributed by atoms with Crippen molar-refractivity contribution in [1.29, 1.82) is 0 Å². The van der Waals surface area contributed by atoms with Gasteiger partial charge in [0.15, 0.2) is 0 Å². The first-order valence-electron chi connectivity index (χ1n) is 4.70. The lowest BCUT2D eigenvalue weighted by atomic mass is 10.3. The average Bonchev–Trinajstić information content (AvgIpc) is 2.74. The first-order valence-corrected chi connectivity index (χ1v) is 5.65. The lowest BCUT2D eigenvalue weighted by Gasteiger charge is -2.20. The van der Waals surface area contributed by atoms with Gasteiger partial charge in [-0.15, -0.1) is 5.17 Å². The molecule has 0 radical (unpaired) electrons. The van der Waals surface area contributed by atoms with Crippen molar-refractivity contribution in [3.63, 3.8) is 0 Å². The minimum absolute atomic E-state index is 0.297. The molecule has 1 aliphatic heterocycles. The molecule has 1 aromatic heterocycles. The van der Waals surface area contributed by atoms with E-state index >= 15 is 0 Å². The van der Waals surface area contributed by atoms with Crippen LogP contribution in [-0.4, -0.2) is 35.1 Å². The fourth-order valence-corrected chi connectivity index (χ4v) is 1.85. The first kappa shape index (κ1) is 12.0. The van der Waals surface area contributed by atoms with Gasteiger partial charge in [0.25, 0.3) is 0 Å². The zero-order chi connectivity index (χ0) is 12.5. The van der Waals surface area contributed by atoms with Crippen molar-refractivity contribution in [2.75, 3.05) is 7.05 Å². The van der Waals surface area contributed by atoms with E-state index in [4.69, 9.17) is 9.94 Å². The van der Waals surface area contributed by atoms with Crippen LogP contribution in [0.5, 0.6) is 0 Å². The predicted molar refractivity (Wildman–Crippen MR) is 56.5 cm³/mol. The zero-order valence-corrected chi connectivity index (χ0v) is 9.69. The van der Waals surface area contributed by atoms with E-state index < -0.39 is 17.7 Å². The van der Waals surface area contributed by atoms with Crippen LogP contribution >= 0.6 is 11.3 Å². The first-order chi connectivity index (χ1) is 8.08. The molecular formula is C9H10N2O5S. The summed E-state index contributed by atoms with van der Waals surface area (Å²) < 4.78 is 4.38. The number of carbonyl (C=O) groups excluding carboxylic acids is 1. The third kappa shape index (κ3) is 2.29. The van der Waals surface area contributed by atoms with Gasteiger partial charge < -0.3 is 9.84 Å². The number of ether oxygens (including phenoxy) is 1. The highest BCUT2D eigenvalue weighted by Crippen LogP contribution is 2.32. The van der Waals surface area contributed by atoms with Gasteiger partial charge in [0, 0.05) is 7.05 Å². The number of hydroxylamine groups is 1. The molecule has 0 aliphatic carbocycles. The van der Waals surface area contributed by atoms with Gasteiger partial charge in [0.1, 0.15) is 0 Å². The fourth-order valence-electron chi connectivity index (χ4n) is 1.19. The van der Waals surface area contributed by atoms with Crippen LogP contribution in [0.4, 0.5) is 0 Å². The van der Waals surface area contributed by atoms with Gasteiger partial charge in [0.2, 0.25) is 0 Å². The van der Waals surface area contributed by atoms with Gasteiger partial charge in [-0.3, -0.25) is 0 Å². The summed E-state index contributed by atoms with van der Waals surface area (Å²) in [6.45, 7) is 0.297. The number of aliphatic carboxylic acids is 1. The number of carboxylic acid groups (broad SMARTS) is 1. The summed E-state index contributed by atoms with van der Waals surface area (Å²) in [7, 11) is 1.55. The second-order valence-electron chi connectivity index (χ2n) is 3.29. The van der Waals surface area contributed by atoms with Gasteiger partial charge >= 0.3 is 17.7 Å². The summed E-state index contributed by atoms with van der Waals surface area (Å²) in [4.78, 5) is 26.7. The van der Waals surface area contributed by atoms with Crippen molar-refractivity contribution in [3.05, 3.63) is 22.4 Å². The Morgan fingerprint density at radius 2 is 2.47 bits per heavy atom. The van der Waals surface area contributed by atoms with E-state index in [-0.39, 0.29) is 0 Å². The smallest absolute Gasteiger partial charge is 0.430 e. The molecule has 1 fully saturated rings. The van der Waals surface area contributed by atoms with Crippen molar-refractivity contribution in [2.24, 2.45) is 0 Å². The maximum atomic E-state index is 10.9. The van der Waals surface area contributed by atoms with Gasteiger partial charge in [-0.1, -0.05) is 0 Å². The molecule has 2 heterocycles. The molecule has 0 saturated carbocycles. The summed E-state index contributed by atoms with van der Waals surface area (Å²) in [6.07, 6.45) is 0. The second-order valence-corrected chi connectivity index (χ2v) is 4.07. The van der Waals surface area contributed by atoms with E-state index in [1.54, 1.807) is 7.05 Å². The molecule has 2 N–H and O–H groups in total. The molecule has 0 spiro atoms. The predicted octanol–water partition coefficient (Wildman–Crippen LogP) is -0.0462. The normalized spacial score (nSPS) is 22.6. The number of carbonyl (C=O) groups is 2. The summed E-state index contributed by atoms with van der Waals surface area (Å²) in [6, 6.07) is 1.86. The molecule has 2 rings (SSSR count). The summed E-state index contributed by atoms with van der Waals surface area (Å²) in [5.41, 5.74) is 3.56. The van der Waals surface area contributed by atoms with E-state index in [9.17, 15) is 9.59 Å². The quantitative estimate of drug-likeness (QED) is 0.420. The second kappa shape index (κ2) is 4.41. The molecule has 1 atom stereocenters. The SMILES string of the molecule is CNN(Cc1ccsc1)OC1(C(=O)O)OC1=O. The molecule has 1 aliphatic rings. The number of nitrogens with one attached hydrogen (secondary N) is 1. The topological polar surface area (TPSA) is 91.4 Å². The maximum absolute atomic E-state index is 10.9. The molecular weight excluding hydrogens is 248 g/mol. The molecule has 0 amide bonds. The van der Waals surface area contributed by atoms with Gasteiger partial charge in [-0.2, -0.15) is 11.3 Å².